The van der Waals surface area contributed by atoms with Crippen molar-refractivity contribution in [3.8, 4) is 0 Å². The Kier molecular flexibility index (Phi) is 4.19. The SMILES string of the molecule is CC(NC(=O)C1CC1)c1nc2ccccc2n1CC(=O)N1CCCC1. The molecule has 1 saturated heterocycles. The van der Waals surface area contributed by atoms with Crippen molar-refractivity contribution in [2.24, 2.45) is 5.92 Å². The van der Waals surface area contributed by atoms with Crippen LogP contribution in [-0.2, 0) is 16.1 Å². The minimum absolute atomic E-state index is 0.0944. The molecule has 0 spiro atoms. The monoisotopic (exact) mass is 340 g/mol. The molecule has 2 amide bonds. The van der Waals surface area contributed by atoms with Crippen LogP contribution in [0.1, 0.15) is 44.5 Å². The van der Waals surface area contributed by atoms with Crippen LogP contribution in [0.2, 0.25) is 0 Å². The summed E-state index contributed by atoms with van der Waals surface area (Å²) in [6.07, 6.45) is 4.11. The zero-order chi connectivity index (χ0) is 17.4. The molecule has 0 bridgehead atoms. The van der Waals surface area contributed by atoms with Crippen molar-refractivity contribution in [2.75, 3.05) is 13.1 Å². The summed E-state index contributed by atoms with van der Waals surface area (Å²) < 4.78 is 1.97. The Hall–Kier alpha value is -2.37. The molecule has 132 valence electrons. The van der Waals surface area contributed by atoms with Crippen molar-refractivity contribution in [2.45, 2.75) is 45.2 Å². The summed E-state index contributed by atoms with van der Waals surface area (Å²) in [4.78, 5) is 31.4. The lowest BCUT2D eigenvalue weighted by molar-refractivity contribution is -0.130. The number of carbonyl (C=O) groups is 2. The summed E-state index contributed by atoms with van der Waals surface area (Å²) in [6, 6.07) is 7.62. The number of aromatic nitrogens is 2. The Morgan fingerprint density at radius 3 is 2.68 bits per heavy atom. The van der Waals surface area contributed by atoms with E-state index < -0.39 is 0 Å². The van der Waals surface area contributed by atoms with Crippen molar-refractivity contribution in [1.29, 1.82) is 0 Å². The number of imidazole rings is 1. The lowest BCUT2D eigenvalue weighted by Crippen LogP contribution is -2.33. The minimum Gasteiger partial charge on any atom is -0.346 e. The first-order chi connectivity index (χ1) is 12.1. The molecule has 2 fully saturated rings. The van der Waals surface area contributed by atoms with Gasteiger partial charge >= 0.3 is 0 Å². The van der Waals surface area contributed by atoms with E-state index in [1.807, 2.05) is 40.7 Å². The van der Waals surface area contributed by atoms with E-state index in [2.05, 4.69) is 5.32 Å². The molecule has 2 aliphatic rings. The van der Waals surface area contributed by atoms with Crippen LogP contribution in [0, 0.1) is 5.92 Å². The molecule has 1 unspecified atom stereocenters. The van der Waals surface area contributed by atoms with Crippen molar-refractivity contribution in [1.82, 2.24) is 19.8 Å². The number of benzene rings is 1. The molecule has 4 rings (SSSR count). The molecule has 25 heavy (non-hydrogen) atoms. The van der Waals surface area contributed by atoms with E-state index in [-0.39, 0.29) is 30.3 Å². The number of nitrogens with one attached hydrogen (secondary N) is 1. The van der Waals surface area contributed by atoms with Crippen molar-refractivity contribution in [3.05, 3.63) is 30.1 Å². The Balaban J connectivity index is 1.62. The average Bonchev–Trinajstić information content (AvgIpc) is 3.19. The Bertz CT molecular complexity index is 803. The fourth-order valence-electron chi connectivity index (χ4n) is 3.53. The number of para-hydroxylation sites is 2. The molecule has 1 atom stereocenters. The van der Waals surface area contributed by atoms with E-state index in [0.29, 0.717) is 0 Å². The van der Waals surface area contributed by atoms with E-state index in [1.54, 1.807) is 0 Å². The molecular formula is C19H24N4O2. The van der Waals surface area contributed by atoms with Crippen LogP contribution in [0.25, 0.3) is 11.0 Å². The third-order valence-corrected chi connectivity index (χ3v) is 5.13. The minimum atomic E-state index is -0.216. The lowest BCUT2D eigenvalue weighted by Gasteiger charge is -2.19. The standard InChI is InChI=1S/C19H24N4O2/c1-13(20-19(25)14-8-9-14)18-21-15-6-2-3-7-16(15)23(18)12-17(24)22-10-4-5-11-22/h2-3,6-7,13-14H,4-5,8-12H2,1H3,(H,20,25). The highest BCUT2D eigenvalue weighted by atomic mass is 16.2. The van der Waals surface area contributed by atoms with Gasteiger partial charge in [-0.1, -0.05) is 12.1 Å². The maximum absolute atomic E-state index is 12.7. The van der Waals surface area contributed by atoms with Gasteiger partial charge in [0.05, 0.1) is 17.1 Å². The molecule has 1 aromatic carbocycles. The third-order valence-electron chi connectivity index (χ3n) is 5.13. The van der Waals surface area contributed by atoms with Gasteiger partial charge in [0.1, 0.15) is 12.4 Å². The topological polar surface area (TPSA) is 67.2 Å². The maximum atomic E-state index is 12.7. The lowest BCUT2D eigenvalue weighted by atomic mass is 10.2. The van der Waals surface area contributed by atoms with Gasteiger partial charge in [-0.05, 0) is 44.7 Å². The normalized spacial score (nSPS) is 18.5. The fraction of sp³-hybridized carbons (Fsp3) is 0.526. The molecule has 1 N–H and O–H groups in total. The summed E-state index contributed by atoms with van der Waals surface area (Å²) in [6.45, 7) is 3.90. The van der Waals surface area contributed by atoms with Gasteiger partial charge in [-0.2, -0.15) is 0 Å². The highest BCUT2D eigenvalue weighted by Gasteiger charge is 2.31. The average molecular weight is 340 g/mol. The number of nitrogens with zero attached hydrogens (tertiary/aromatic N) is 3. The summed E-state index contributed by atoms with van der Waals surface area (Å²) in [5, 5.41) is 3.06. The highest BCUT2D eigenvalue weighted by molar-refractivity contribution is 5.83. The molecule has 1 saturated carbocycles. The Labute approximate surface area is 147 Å². The summed E-state index contributed by atoms with van der Waals surface area (Å²) in [5.41, 5.74) is 1.80. The Morgan fingerprint density at radius 2 is 1.96 bits per heavy atom. The second-order valence-electron chi connectivity index (χ2n) is 7.14. The smallest absolute Gasteiger partial charge is 0.242 e. The van der Waals surface area contributed by atoms with Gasteiger partial charge in [0.25, 0.3) is 0 Å². The first-order valence-electron chi connectivity index (χ1n) is 9.17. The van der Waals surface area contributed by atoms with E-state index >= 15 is 0 Å². The maximum Gasteiger partial charge on any atom is 0.242 e. The summed E-state index contributed by atoms with van der Waals surface area (Å²) in [5.74, 6) is 1.13. The van der Waals surface area contributed by atoms with Gasteiger partial charge in [-0.3, -0.25) is 9.59 Å². The van der Waals surface area contributed by atoms with E-state index in [1.165, 1.54) is 0 Å². The molecule has 1 aromatic heterocycles. The molecule has 0 radical (unpaired) electrons. The second-order valence-corrected chi connectivity index (χ2v) is 7.14. The van der Waals surface area contributed by atoms with Crippen molar-refractivity contribution >= 4 is 22.8 Å². The van der Waals surface area contributed by atoms with Crippen molar-refractivity contribution < 1.29 is 9.59 Å². The van der Waals surface area contributed by atoms with Crippen LogP contribution < -0.4 is 5.32 Å². The molecule has 6 heteroatoms. The van der Waals surface area contributed by atoms with Gasteiger partial charge in [-0.25, -0.2) is 4.98 Å². The first kappa shape index (κ1) is 16.1. The van der Waals surface area contributed by atoms with Gasteiger partial charge < -0.3 is 14.8 Å². The van der Waals surface area contributed by atoms with Crippen LogP contribution >= 0.6 is 0 Å². The number of carbonyl (C=O) groups excluding carboxylic acids is 2. The highest BCUT2D eigenvalue weighted by Crippen LogP contribution is 2.30. The van der Waals surface area contributed by atoms with Gasteiger partial charge in [0.15, 0.2) is 0 Å². The molecular weight excluding hydrogens is 316 g/mol. The number of hydrogen-bond acceptors (Lipinski definition) is 3. The third kappa shape index (κ3) is 3.25. The van der Waals surface area contributed by atoms with Crippen LogP contribution in [0.5, 0.6) is 0 Å². The molecule has 2 heterocycles. The number of hydrogen-bond donors (Lipinski definition) is 1. The quantitative estimate of drug-likeness (QED) is 0.908. The zero-order valence-electron chi connectivity index (χ0n) is 14.6. The van der Waals surface area contributed by atoms with E-state index in [0.717, 1.165) is 55.6 Å². The van der Waals surface area contributed by atoms with Gasteiger partial charge in [-0.15, -0.1) is 0 Å². The first-order valence-corrected chi connectivity index (χ1v) is 9.17. The number of likely N-dealkylation sites (tertiary alicyclic amines) is 1. The fourth-order valence-corrected chi connectivity index (χ4v) is 3.53. The van der Waals surface area contributed by atoms with Gasteiger partial charge in [0.2, 0.25) is 11.8 Å². The summed E-state index contributed by atoms with van der Waals surface area (Å²) in [7, 11) is 0. The summed E-state index contributed by atoms with van der Waals surface area (Å²) >= 11 is 0. The molecule has 2 aromatic rings. The molecule has 6 nitrogen and oxygen atoms in total. The predicted molar refractivity (Wildman–Crippen MR) is 94.8 cm³/mol. The second kappa shape index (κ2) is 6.50. The van der Waals surface area contributed by atoms with Crippen LogP contribution in [0.4, 0.5) is 0 Å². The van der Waals surface area contributed by atoms with Crippen LogP contribution in [0.3, 0.4) is 0 Å². The Morgan fingerprint density at radius 1 is 1.24 bits per heavy atom. The zero-order valence-corrected chi connectivity index (χ0v) is 14.6. The number of amides is 2. The van der Waals surface area contributed by atoms with E-state index in [4.69, 9.17) is 4.98 Å². The number of fused-ring (bicyclic) bond motifs is 1. The molecule has 1 aliphatic heterocycles. The predicted octanol–water partition coefficient (Wildman–Crippen LogP) is 2.25. The van der Waals surface area contributed by atoms with Crippen LogP contribution in [-0.4, -0.2) is 39.4 Å². The van der Waals surface area contributed by atoms with Crippen molar-refractivity contribution in [3.63, 3.8) is 0 Å². The van der Waals surface area contributed by atoms with E-state index in [9.17, 15) is 9.59 Å². The molecule has 1 aliphatic carbocycles. The largest absolute Gasteiger partial charge is 0.346 e. The number of rotatable bonds is 5. The van der Waals surface area contributed by atoms with Crippen LogP contribution in [0.15, 0.2) is 24.3 Å². The van der Waals surface area contributed by atoms with Gasteiger partial charge in [0, 0.05) is 19.0 Å².